The number of aliphatic hydroxyl groups is 1. The van der Waals surface area contributed by atoms with Crippen molar-refractivity contribution in [3.8, 4) is 0 Å². The standard InChI is InChI=1S/C26H26F3N6O4P/c1-35-12-19-18(14-2-6-17(36)7-3-14)8-9-21(22(19)24(35)37)33-25-31-11-20(26(27,28)29)23(34-25)32-15-4-5-16(30-10-15)13-40(38)39/h4-5,8-11,14,17,36H,2-3,6-7,12-13H2,1H3,(H2-,31,32,33,34,37,38,39)/p+1. The average Bonchev–Trinajstić information content (AvgIpc) is 3.19. The first kappa shape index (κ1) is 27.9. The maximum Gasteiger partial charge on any atom is 0.511 e. The van der Waals surface area contributed by atoms with Crippen LogP contribution in [-0.4, -0.2) is 48.9 Å². The fourth-order valence-electron chi connectivity index (χ4n) is 5.18. The number of rotatable bonds is 7. The van der Waals surface area contributed by atoms with Crippen LogP contribution in [0.1, 0.15) is 64.3 Å². The Bertz CT molecular complexity index is 1450. The predicted octanol–water partition coefficient (Wildman–Crippen LogP) is 5.22. The number of aromatic nitrogens is 3. The van der Waals surface area contributed by atoms with Crippen molar-refractivity contribution in [3.05, 3.63) is 64.6 Å². The summed E-state index contributed by atoms with van der Waals surface area (Å²) in [6.45, 7) is 0.409. The number of hydrogen-bond acceptors (Lipinski definition) is 8. The average molecular weight is 576 g/mol. The summed E-state index contributed by atoms with van der Waals surface area (Å²) in [7, 11) is -0.758. The molecule has 4 N–H and O–H groups in total. The van der Waals surface area contributed by atoms with Gasteiger partial charge in [-0.3, -0.25) is 9.78 Å². The van der Waals surface area contributed by atoms with Gasteiger partial charge in [-0.05, 0) is 65.5 Å². The van der Waals surface area contributed by atoms with Crippen LogP contribution in [0.15, 0.2) is 36.7 Å². The number of carbonyl (C=O) groups is 1. The Morgan fingerprint density at radius 2 is 1.82 bits per heavy atom. The van der Waals surface area contributed by atoms with E-state index in [4.69, 9.17) is 4.89 Å². The molecule has 0 bridgehead atoms. The third-order valence-electron chi connectivity index (χ3n) is 7.17. The van der Waals surface area contributed by atoms with Crippen molar-refractivity contribution in [2.45, 2.75) is 56.6 Å². The number of benzene rings is 1. The molecule has 1 saturated carbocycles. The molecule has 2 aromatic heterocycles. The number of nitrogens with one attached hydrogen (secondary N) is 2. The number of fused-ring (bicyclic) bond motifs is 1. The zero-order chi connectivity index (χ0) is 28.6. The van der Waals surface area contributed by atoms with Gasteiger partial charge in [0.15, 0.2) is 0 Å². The first-order valence-electron chi connectivity index (χ1n) is 12.7. The second-order valence-electron chi connectivity index (χ2n) is 9.97. The summed E-state index contributed by atoms with van der Waals surface area (Å²) < 4.78 is 52.3. The first-order valence-corrected chi connectivity index (χ1v) is 14.1. The maximum absolute atomic E-state index is 13.8. The number of carbonyl (C=O) groups excluding carboxylic acids is 1. The smallest absolute Gasteiger partial charge is 0.393 e. The Kier molecular flexibility index (Phi) is 7.72. The molecule has 1 aliphatic carbocycles. The van der Waals surface area contributed by atoms with Crippen LogP contribution in [-0.2, 0) is 23.4 Å². The van der Waals surface area contributed by atoms with Gasteiger partial charge in [0, 0.05) is 19.8 Å². The largest absolute Gasteiger partial charge is 0.511 e. The molecule has 40 heavy (non-hydrogen) atoms. The van der Waals surface area contributed by atoms with E-state index in [2.05, 4.69) is 25.6 Å². The number of nitrogens with zero attached hydrogens (tertiary/aromatic N) is 4. The zero-order valence-corrected chi connectivity index (χ0v) is 22.3. The van der Waals surface area contributed by atoms with Gasteiger partial charge in [-0.25, -0.2) is 4.98 Å². The fourth-order valence-corrected chi connectivity index (χ4v) is 5.65. The van der Waals surface area contributed by atoms with E-state index in [0.717, 1.165) is 24.0 Å². The van der Waals surface area contributed by atoms with Crippen molar-refractivity contribution >= 4 is 37.1 Å². The Morgan fingerprint density at radius 3 is 2.48 bits per heavy atom. The Hall–Kier alpha value is -3.67. The summed E-state index contributed by atoms with van der Waals surface area (Å²) in [4.78, 5) is 35.6. The molecule has 0 spiro atoms. The molecule has 0 saturated heterocycles. The van der Waals surface area contributed by atoms with Gasteiger partial charge in [-0.15, -0.1) is 0 Å². The van der Waals surface area contributed by atoms with E-state index in [9.17, 15) is 27.6 Å². The normalized spacial score (nSPS) is 19.4. The SMILES string of the molecule is CN1Cc2c(C3CCC(O)CC3)ccc(Nc3ncc(C(F)(F)F)c(Nc4ccc(C[P+](=O)O)nc4)n3)c2C1=O. The zero-order valence-electron chi connectivity index (χ0n) is 21.4. The molecule has 0 radical (unpaired) electrons. The molecule has 2 aliphatic rings. The van der Waals surface area contributed by atoms with Crippen molar-refractivity contribution in [1.29, 1.82) is 0 Å². The lowest BCUT2D eigenvalue weighted by Gasteiger charge is -2.27. The van der Waals surface area contributed by atoms with E-state index in [1.165, 1.54) is 18.3 Å². The van der Waals surface area contributed by atoms with E-state index in [0.29, 0.717) is 42.5 Å². The predicted molar refractivity (Wildman–Crippen MR) is 141 cm³/mol. The van der Waals surface area contributed by atoms with E-state index >= 15 is 0 Å². The van der Waals surface area contributed by atoms with Crippen LogP contribution in [0.4, 0.5) is 36.3 Å². The Balaban J connectivity index is 1.46. The molecule has 1 atom stereocenters. The number of hydrogen-bond donors (Lipinski definition) is 4. The van der Waals surface area contributed by atoms with E-state index in [1.54, 1.807) is 18.0 Å². The lowest BCUT2D eigenvalue weighted by molar-refractivity contribution is -0.137. The molecule has 10 nitrogen and oxygen atoms in total. The van der Waals surface area contributed by atoms with Crippen molar-refractivity contribution in [3.63, 3.8) is 0 Å². The highest BCUT2D eigenvalue weighted by atomic mass is 31.1. The Morgan fingerprint density at radius 1 is 1.07 bits per heavy atom. The third-order valence-corrected chi connectivity index (χ3v) is 7.76. The quantitative estimate of drug-likeness (QED) is 0.279. The molecule has 210 valence electrons. The van der Waals surface area contributed by atoms with Crippen molar-refractivity contribution in [1.82, 2.24) is 19.9 Å². The van der Waals surface area contributed by atoms with E-state index in [1.807, 2.05) is 6.07 Å². The second-order valence-corrected chi connectivity index (χ2v) is 11.0. The van der Waals surface area contributed by atoms with Gasteiger partial charge in [-0.1, -0.05) is 6.07 Å². The summed E-state index contributed by atoms with van der Waals surface area (Å²) >= 11 is 0. The summed E-state index contributed by atoms with van der Waals surface area (Å²) in [6.07, 6.45) is -0.332. The van der Waals surface area contributed by atoms with Crippen molar-refractivity contribution in [2.24, 2.45) is 0 Å². The number of pyridine rings is 1. The molecule has 1 aliphatic heterocycles. The number of amides is 1. The van der Waals surface area contributed by atoms with E-state index in [-0.39, 0.29) is 35.7 Å². The Labute approximate surface area is 228 Å². The maximum atomic E-state index is 13.8. The number of alkyl halides is 3. The topological polar surface area (TPSA) is 141 Å². The van der Waals surface area contributed by atoms with Crippen LogP contribution in [0.2, 0.25) is 0 Å². The molecular weight excluding hydrogens is 548 g/mol. The van der Waals surface area contributed by atoms with Gasteiger partial charge < -0.3 is 20.6 Å². The molecule has 1 fully saturated rings. The fraction of sp³-hybridized carbons (Fsp3) is 0.385. The summed E-state index contributed by atoms with van der Waals surface area (Å²) in [6, 6.07) is 6.51. The second kappa shape index (κ2) is 11.1. The molecule has 5 rings (SSSR count). The highest BCUT2D eigenvalue weighted by Gasteiger charge is 2.36. The van der Waals surface area contributed by atoms with Crippen molar-refractivity contribution < 1.29 is 32.5 Å². The minimum Gasteiger partial charge on any atom is -0.393 e. The molecule has 1 unspecified atom stereocenters. The molecule has 3 heterocycles. The summed E-state index contributed by atoms with van der Waals surface area (Å²) in [5.41, 5.74) is 2.13. The van der Waals surface area contributed by atoms with Gasteiger partial charge in [-0.2, -0.15) is 23.0 Å². The lowest BCUT2D eigenvalue weighted by Crippen LogP contribution is -2.18. The molecule has 1 aromatic carbocycles. The summed E-state index contributed by atoms with van der Waals surface area (Å²) in [5.74, 6) is -0.668. The highest BCUT2D eigenvalue weighted by molar-refractivity contribution is 7.37. The monoisotopic (exact) mass is 575 g/mol. The van der Waals surface area contributed by atoms with Crippen LogP contribution in [0.25, 0.3) is 0 Å². The number of anilines is 4. The van der Waals surface area contributed by atoms with Crippen LogP contribution < -0.4 is 10.6 Å². The first-order chi connectivity index (χ1) is 19.0. The van der Waals surface area contributed by atoms with E-state index < -0.39 is 25.6 Å². The number of aliphatic hydroxyl groups excluding tert-OH is 1. The van der Waals surface area contributed by atoms with Crippen molar-refractivity contribution in [2.75, 3.05) is 17.7 Å². The van der Waals surface area contributed by atoms with Gasteiger partial charge in [0.2, 0.25) is 12.1 Å². The van der Waals surface area contributed by atoms with Gasteiger partial charge in [0.1, 0.15) is 11.4 Å². The minimum atomic E-state index is -4.75. The van der Waals surface area contributed by atoms with Crippen LogP contribution >= 0.6 is 8.03 Å². The van der Waals surface area contributed by atoms with Crippen LogP contribution in [0, 0.1) is 0 Å². The van der Waals surface area contributed by atoms with Crippen LogP contribution in [0.5, 0.6) is 0 Å². The van der Waals surface area contributed by atoms with Gasteiger partial charge in [0.25, 0.3) is 5.91 Å². The minimum absolute atomic E-state index is 0.143. The third kappa shape index (κ3) is 5.91. The molecule has 14 heteroatoms. The molecular formula is C26H27F3N6O4P+. The number of halogens is 3. The molecule has 1 amide bonds. The van der Waals surface area contributed by atoms with Gasteiger partial charge in [0.05, 0.1) is 34.9 Å². The lowest BCUT2D eigenvalue weighted by atomic mass is 9.80. The molecule has 3 aromatic rings. The van der Waals surface area contributed by atoms with Crippen LogP contribution in [0.3, 0.4) is 0 Å². The van der Waals surface area contributed by atoms with Gasteiger partial charge >= 0.3 is 14.2 Å². The summed E-state index contributed by atoms with van der Waals surface area (Å²) in [5, 5.41) is 15.4. The highest BCUT2D eigenvalue weighted by Crippen LogP contribution is 2.41.